The molecule has 0 bridgehead atoms. The van der Waals surface area contributed by atoms with E-state index in [1.165, 1.54) is 11.8 Å². The van der Waals surface area contributed by atoms with Crippen molar-refractivity contribution >= 4 is 23.2 Å². The van der Waals surface area contributed by atoms with Crippen LogP contribution in [0.1, 0.15) is 24.1 Å². The number of amides is 1. The summed E-state index contributed by atoms with van der Waals surface area (Å²) in [5.41, 5.74) is 5.09. The molecule has 1 saturated heterocycles. The van der Waals surface area contributed by atoms with Gasteiger partial charge in [0.25, 0.3) is 0 Å². The maximum atomic E-state index is 12.4. The fourth-order valence-electron chi connectivity index (χ4n) is 3.48. The van der Waals surface area contributed by atoms with E-state index in [0.717, 1.165) is 59.1 Å². The molecule has 0 radical (unpaired) electrons. The van der Waals surface area contributed by atoms with Crippen LogP contribution in [-0.2, 0) is 4.79 Å². The minimum atomic E-state index is 0.190. The molecule has 5 nitrogen and oxygen atoms in total. The van der Waals surface area contributed by atoms with Crippen molar-refractivity contribution in [3.63, 3.8) is 0 Å². The Balaban J connectivity index is 1.71. The molecule has 1 fully saturated rings. The molecule has 1 aliphatic heterocycles. The fourth-order valence-corrected chi connectivity index (χ4v) is 4.33. The zero-order chi connectivity index (χ0) is 18.1. The molecule has 1 aliphatic rings. The van der Waals surface area contributed by atoms with Gasteiger partial charge in [-0.1, -0.05) is 42.1 Å². The number of rotatable bonds is 4. The highest BCUT2D eigenvalue weighted by Crippen LogP contribution is 2.31. The van der Waals surface area contributed by atoms with E-state index in [1.807, 2.05) is 34.5 Å². The van der Waals surface area contributed by atoms with E-state index in [9.17, 15) is 4.79 Å². The van der Waals surface area contributed by atoms with Gasteiger partial charge in [0.15, 0.2) is 5.16 Å². The van der Waals surface area contributed by atoms with Gasteiger partial charge < -0.3 is 4.90 Å². The van der Waals surface area contributed by atoms with Crippen molar-refractivity contribution in [2.45, 2.75) is 31.8 Å². The molecule has 3 aromatic rings. The highest BCUT2D eigenvalue weighted by atomic mass is 32.2. The molecule has 26 heavy (non-hydrogen) atoms. The summed E-state index contributed by atoms with van der Waals surface area (Å²) in [7, 11) is 0. The highest BCUT2D eigenvalue weighted by molar-refractivity contribution is 7.99. The number of imidazole rings is 1. The van der Waals surface area contributed by atoms with Crippen LogP contribution in [0.3, 0.4) is 0 Å². The lowest BCUT2D eigenvalue weighted by atomic mass is 10.1. The van der Waals surface area contributed by atoms with E-state index in [0.29, 0.717) is 5.75 Å². The number of thioether (sulfide) groups is 1. The molecule has 3 heterocycles. The zero-order valence-electron chi connectivity index (χ0n) is 15.1. The van der Waals surface area contributed by atoms with Gasteiger partial charge in [-0.2, -0.15) is 5.10 Å². The summed E-state index contributed by atoms with van der Waals surface area (Å²) in [5.74, 6) is 0.594. The number of carbonyl (C=O) groups is 1. The van der Waals surface area contributed by atoms with Crippen LogP contribution in [-0.4, -0.2) is 44.2 Å². The summed E-state index contributed by atoms with van der Waals surface area (Å²) in [6.07, 6.45) is 2.22. The van der Waals surface area contributed by atoms with Gasteiger partial charge in [0, 0.05) is 18.7 Å². The Morgan fingerprint density at radius 3 is 2.62 bits per heavy atom. The molecule has 4 rings (SSSR count). The zero-order valence-corrected chi connectivity index (χ0v) is 15.9. The number of carbonyl (C=O) groups excluding carboxylic acids is 1. The van der Waals surface area contributed by atoms with E-state index in [4.69, 9.17) is 4.98 Å². The van der Waals surface area contributed by atoms with Crippen molar-refractivity contribution in [1.82, 2.24) is 19.5 Å². The second-order valence-corrected chi connectivity index (χ2v) is 7.66. The summed E-state index contributed by atoms with van der Waals surface area (Å²) in [4.78, 5) is 19.2. The molecule has 0 unspecified atom stereocenters. The van der Waals surface area contributed by atoms with Crippen LogP contribution in [0.25, 0.3) is 16.8 Å². The van der Waals surface area contributed by atoms with Crippen molar-refractivity contribution in [1.29, 1.82) is 0 Å². The topological polar surface area (TPSA) is 50.5 Å². The Labute approximate surface area is 157 Å². The van der Waals surface area contributed by atoms with Crippen LogP contribution in [0.5, 0.6) is 0 Å². The molecule has 0 saturated carbocycles. The van der Waals surface area contributed by atoms with Crippen LogP contribution in [0.2, 0.25) is 0 Å². The number of likely N-dealkylation sites (tertiary alicyclic amines) is 1. The molecule has 6 heteroatoms. The predicted molar refractivity (Wildman–Crippen MR) is 104 cm³/mol. The minimum absolute atomic E-state index is 0.190. The summed E-state index contributed by atoms with van der Waals surface area (Å²) in [5, 5.41) is 5.44. The number of benzene rings is 1. The van der Waals surface area contributed by atoms with Gasteiger partial charge in [-0.3, -0.25) is 4.79 Å². The third-order valence-electron chi connectivity index (χ3n) is 4.71. The number of fused-ring (bicyclic) bond motifs is 1. The van der Waals surface area contributed by atoms with Crippen LogP contribution in [0.4, 0.5) is 0 Å². The van der Waals surface area contributed by atoms with E-state index in [1.54, 1.807) is 0 Å². The third-order valence-corrected chi connectivity index (χ3v) is 5.63. The minimum Gasteiger partial charge on any atom is -0.342 e. The summed E-state index contributed by atoms with van der Waals surface area (Å²) < 4.78 is 1.90. The molecule has 0 spiro atoms. The Morgan fingerprint density at radius 2 is 1.88 bits per heavy atom. The summed E-state index contributed by atoms with van der Waals surface area (Å²) in [6.45, 7) is 5.83. The molecular weight excluding hydrogens is 344 g/mol. The Kier molecular flexibility index (Phi) is 4.68. The quantitative estimate of drug-likeness (QED) is 0.660. The molecule has 1 amide bonds. The van der Waals surface area contributed by atoms with E-state index in [2.05, 4.69) is 30.2 Å². The first-order chi connectivity index (χ1) is 12.6. The molecular formula is C20H22N4OS. The maximum Gasteiger partial charge on any atom is 0.233 e. The molecule has 2 aromatic heterocycles. The van der Waals surface area contributed by atoms with Crippen LogP contribution in [0, 0.1) is 13.8 Å². The van der Waals surface area contributed by atoms with E-state index >= 15 is 0 Å². The van der Waals surface area contributed by atoms with E-state index in [-0.39, 0.29) is 5.91 Å². The van der Waals surface area contributed by atoms with Crippen molar-refractivity contribution in [2.75, 3.05) is 18.8 Å². The van der Waals surface area contributed by atoms with E-state index < -0.39 is 0 Å². The van der Waals surface area contributed by atoms with Gasteiger partial charge in [0.05, 0.1) is 22.7 Å². The number of aromatic nitrogens is 3. The van der Waals surface area contributed by atoms with Gasteiger partial charge in [0.1, 0.15) is 0 Å². The smallest absolute Gasteiger partial charge is 0.233 e. The molecule has 0 aliphatic carbocycles. The number of hydrogen-bond acceptors (Lipinski definition) is 4. The van der Waals surface area contributed by atoms with Crippen LogP contribution >= 0.6 is 11.8 Å². The first-order valence-corrected chi connectivity index (χ1v) is 9.95. The fraction of sp³-hybridized carbons (Fsp3) is 0.350. The van der Waals surface area contributed by atoms with Gasteiger partial charge in [-0.15, -0.1) is 0 Å². The molecule has 134 valence electrons. The lowest BCUT2D eigenvalue weighted by molar-refractivity contribution is -0.127. The predicted octanol–water partition coefficient (Wildman–Crippen LogP) is 3.73. The van der Waals surface area contributed by atoms with Crippen LogP contribution < -0.4 is 0 Å². The second kappa shape index (κ2) is 7.11. The first-order valence-electron chi connectivity index (χ1n) is 8.96. The van der Waals surface area contributed by atoms with Crippen molar-refractivity contribution in [3.8, 4) is 11.3 Å². The van der Waals surface area contributed by atoms with Gasteiger partial charge in [0.2, 0.25) is 5.91 Å². The Bertz CT molecular complexity index is 945. The van der Waals surface area contributed by atoms with Gasteiger partial charge in [-0.25, -0.2) is 9.50 Å². The number of hydrogen-bond donors (Lipinski definition) is 0. The standard InChI is InChI=1S/C20H22N4OS/c1-14-12-15(2)22-24-19(14)18(16-8-4-3-5-9-16)21-20(24)26-13-17(25)23-10-6-7-11-23/h3-5,8-9,12H,6-7,10-11,13H2,1-2H3. The SMILES string of the molecule is Cc1cc(C)c2c(-c3ccccc3)nc(SCC(=O)N3CCCC3)n2n1. The first kappa shape index (κ1) is 17.1. The normalized spacial score (nSPS) is 14.3. The number of aryl methyl sites for hydroxylation is 2. The van der Waals surface area contributed by atoms with Crippen molar-refractivity contribution in [2.24, 2.45) is 0 Å². The molecule has 1 aromatic carbocycles. The van der Waals surface area contributed by atoms with Gasteiger partial charge in [-0.05, 0) is 38.3 Å². The Hall–Kier alpha value is -2.34. The lowest BCUT2D eigenvalue weighted by Gasteiger charge is -2.14. The van der Waals surface area contributed by atoms with Crippen molar-refractivity contribution < 1.29 is 4.79 Å². The average molecular weight is 366 g/mol. The maximum absolute atomic E-state index is 12.4. The lowest BCUT2D eigenvalue weighted by Crippen LogP contribution is -2.29. The monoisotopic (exact) mass is 366 g/mol. The third kappa shape index (κ3) is 3.21. The summed E-state index contributed by atoms with van der Waals surface area (Å²) >= 11 is 1.48. The largest absolute Gasteiger partial charge is 0.342 e. The molecule has 0 N–H and O–H groups in total. The second-order valence-electron chi connectivity index (χ2n) is 6.71. The van der Waals surface area contributed by atoms with Crippen LogP contribution in [0.15, 0.2) is 41.6 Å². The highest BCUT2D eigenvalue weighted by Gasteiger charge is 2.21. The summed E-state index contributed by atoms with van der Waals surface area (Å²) in [6, 6.07) is 12.2. The number of nitrogens with zero attached hydrogens (tertiary/aromatic N) is 4. The molecule has 0 atom stereocenters. The van der Waals surface area contributed by atoms with Crippen molar-refractivity contribution in [3.05, 3.63) is 47.7 Å². The average Bonchev–Trinajstić information content (AvgIpc) is 3.29. The van der Waals surface area contributed by atoms with Gasteiger partial charge >= 0.3 is 0 Å². The Morgan fingerprint density at radius 1 is 1.15 bits per heavy atom.